The Morgan fingerprint density at radius 3 is 3.13 bits per heavy atom. The molecule has 1 N–H and O–H groups in total. The van der Waals surface area contributed by atoms with Crippen LogP contribution in [0.25, 0.3) is 0 Å². The van der Waals surface area contributed by atoms with E-state index < -0.39 is 0 Å². The summed E-state index contributed by atoms with van der Waals surface area (Å²) < 4.78 is 6.73. The van der Waals surface area contributed by atoms with Crippen molar-refractivity contribution >= 4 is 0 Å². The van der Waals surface area contributed by atoms with E-state index in [1.807, 2.05) is 11.6 Å². The van der Waals surface area contributed by atoms with E-state index in [9.17, 15) is 0 Å². The van der Waals surface area contributed by atoms with Crippen molar-refractivity contribution in [3.05, 3.63) is 24.4 Å². The standard InChI is InChI=1S/C8H12N6O/c1-14-6-11-13-7(14)4-9-3-2-8-10-5-12-15-8/h5-6,9H,2-4H2,1H3. The van der Waals surface area contributed by atoms with E-state index >= 15 is 0 Å². The summed E-state index contributed by atoms with van der Waals surface area (Å²) in [5, 5.41) is 14.5. The lowest BCUT2D eigenvalue weighted by atomic mass is 10.4. The molecule has 0 aromatic carbocycles. The molecule has 2 rings (SSSR count). The van der Waals surface area contributed by atoms with E-state index in [2.05, 4.69) is 25.7 Å². The summed E-state index contributed by atoms with van der Waals surface area (Å²) in [6, 6.07) is 0. The number of aromatic nitrogens is 5. The molecule has 2 aromatic heterocycles. The van der Waals surface area contributed by atoms with Gasteiger partial charge in [0.1, 0.15) is 12.2 Å². The van der Waals surface area contributed by atoms with Crippen LogP contribution in [0.5, 0.6) is 0 Å². The van der Waals surface area contributed by atoms with Gasteiger partial charge in [-0.2, -0.15) is 4.98 Å². The zero-order valence-electron chi connectivity index (χ0n) is 8.42. The first kappa shape index (κ1) is 9.78. The van der Waals surface area contributed by atoms with Gasteiger partial charge in [0.2, 0.25) is 5.89 Å². The highest BCUT2D eigenvalue weighted by Crippen LogP contribution is 1.92. The molecule has 0 amide bonds. The molecule has 2 heterocycles. The van der Waals surface area contributed by atoms with E-state index in [1.54, 1.807) is 6.33 Å². The lowest BCUT2D eigenvalue weighted by molar-refractivity contribution is 0.374. The van der Waals surface area contributed by atoms with Gasteiger partial charge < -0.3 is 14.4 Å². The van der Waals surface area contributed by atoms with Crippen molar-refractivity contribution in [2.75, 3.05) is 6.54 Å². The van der Waals surface area contributed by atoms with Crippen LogP contribution >= 0.6 is 0 Å². The van der Waals surface area contributed by atoms with Crippen LogP contribution in [0.15, 0.2) is 17.2 Å². The van der Waals surface area contributed by atoms with Crippen LogP contribution in [-0.4, -0.2) is 31.4 Å². The fourth-order valence-corrected chi connectivity index (χ4v) is 1.17. The Labute approximate surface area is 86.5 Å². The summed E-state index contributed by atoms with van der Waals surface area (Å²) in [5.41, 5.74) is 0. The number of hydrogen-bond donors (Lipinski definition) is 1. The van der Waals surface area contributed by atoms with Gasteiger partial charge in [0.05, 0.1) is 6.54 Å². The average molecular weight is 208 g/mol. The summed E-state index contributed by atoms with van der Waals surface area (Å²) in [6.07, 6.45) is 3.80. The molecule has 80 valence electrons. The summed E-state index contributed by atoms with van der Waals surface area (Å²) >= 11 is 0. The average Bonchev–Trinajstić information content (AvgIpc) is 2.85. The number of aryl methyl sites for hydroxylation is 1. The smallest absolute Gasteiger partial charge is 0.227 e. The van der Waals surface area contributed by atoms with Crippen molar-refractivity contribution in [3.8, 4) is 0 Å². The van der Waals surface area contributed by atoms with E-state index in [0.29, 0.717) is 12.4 Å². The zero-order valence-corrected chi connectivity index (χ0v) is 8.42. The largest absolute Gasteiger partial charge is 0.340 e. The van der Waals surface area contributed by atoms with Gasteiger partial charge in [-0.3, -0.25) is 0 Å². The first-order chi connectivity index (χ1) is 7.36. The molecule has 0 bridgehead atoms. The normalized spacial score (nSPS) is 10.7. The first-order valence-corrected chi connectivity index (χ1v) is 4.65. The fourth-order valence-electron chi connectivity index (χ4n) is 1.17. The summed E-state index contributed by atoms with van der Waals surface area (Å²) in [7, 11) is 1.91. The van der Waals surface area contributed by atoms with Crippen LogP contribution in [0.4, 0.5) is 0 Å². The minimum absolute atomic E-state index is 0.639. The van der Waals surface area contributed by atoms with Gasteiger partial charge in [0, 0.05) is 20.0 Å². The highest BCUT2D eigenvalue weighted by molar-refractivity contribution is 4.83. The lowest BCUT2D eigenvalue weighted by Crippen LogP contribution is -2.19. The molecule has 0 spiro atoms. The SMILES string of the molecule is Cn1cnnc1CNCCc1ncno1. The topological polar surface area (TPSA) is 81.7 Å². The van der Waals surface area contributed by atoms with E-state index in [-0.39, 0.29) is 0 Å². The second-order valence-electron chi connectivity index (χ2n) is 3.12. The Morgan fingerprint density at radius 2 is 2.47 bits per heavy atom. The minimum atomic E-state index is 0.639. The van der Waals surface area contributed by atoms with Crippen LogP contribution in [0.3, 0.4) is 0 Å². The number of rotatable bonds is 5. The van der Waals surface area contributed by atoms with Gasteiger partial charge >= 0.3 is 0 Å². The van der Waals surface area contributed by atoms with Crippen LogP contribution in [0.2, 0.25) is 0 Å². The molecular formula is C8H12N6O. The van der Waals surface area contributed by atoms with E-state index in [0.717, 1.165) is 18.8 Å². The van der Waals surface area contributed by atoms with E-state index in [4.69, 9.17) is 4.52 Å². The van der Waals surface area contributed by atoms with Crippen LogP contribution in [0, 0.1) is 0 Å². The van der Waals surface area contributed by atoms with Gasteiger partial charge in [-0.15, -0.1) is 10.2 Å². The highest BCUT2D eigenvalue weighted by atomic mass is 16.5. The van der Waals surface area contributed by atoms with Crippen molar-refractivity contribution in [2.24, 2.45) is 7.05 Å². The molecule has 0 unspecified atom stereocenters. The third-order valence-electron chi connectivity index (χ3n) is 2.01. The van der Waals surface area contributed by atoms with Crippen molar-refractivity contribution < 1.29 is 4.52 Å². The molecule has 0 aliphatic carbocycles. The first-order valence-electron chi connectivity index (χ1n) is 4.65. The molecule has 0 saturated heterocycles. The molecular weight excluding hydrogens is 196 g/mol. The Kier molecular flexibility index (Phi) is 3.03. The van der Waals surface area contributed by atoms with Crippen molar-refractivity contribution in [2.45, 2.75) is 13.0 Å². The van der Waals surface area contributed by atoms with Crippen LogP contribution < -0.4 is 5.32 Å². The third kappa shape index (κ3) is 2.59. The minimum Gasteiger partial charge on any atom is -0.340 e. The maximum atomic E-state index is 4.86. The lowest BCUT2D eigenvalue weighted by Gasteiger charge is -2.01. The number of nitrogens with zero attached hydrogens (tertiary/aromatic N) is 5. The molecule has 0 fully saturated rings. The Hall–Kier alpha value is -1.76. The molecule has 2 aromatic rings. The Balaban J connectivity index is 1.70. The predicted octanol–water partition coefficient (Wildman–Crippen LogP) is -0.470. The molecule has 0 aliphatic heterocycles. The maximum Gasteiger partial charge on any atom is 0.227 e. The molecule has 0 aliphatic rings. The monoisotopic (exact) mass is 208 g/mol. The summed E-state index contributed by atoms with van der Waals surface area (Å²) in [4.78, 5) is 3.92. The van der Waals surface area contributed by atoms with Crippen molar-refractivity contribution in [1.29, 1.82) is 0 Å². The number of nitrogens with one attached hydrogen (secondary N) is 1. The Morgan fingerprint density at radius 1 is 1.53 bits per heavy atom. The second kappa shape index (κ2) is 4.65. The fraction of sp³-hybridized carbons (Fsp3) is 0.500. The maximum absolute atomic E-state index is 4.86. The van der Waals surface area contributed by atoms with Gasteiger partial charge in [-0.05, 0) is 0 Å². The second-order valence-corrected chi connectivity index (χ2v) is 3.12. The van der Waals surface area contributed by atoms with E-state index in [1.165, 1.54) is 6.33 Å². The van der Waals surface area contributed by atoms with Crippen LogP contribution in [-0.2, 0) is 20.0 Å². The van der Waals surface area contributed by atoms with Crippen molar-refractivity contribution in [3.63, 3.8) is 0 Å². The molecule has 0 radical (unpaired) electrons. The summed E-state index contributed by atoms with van der Waals surface area (Å²) in [5.74, 6) is 1.54. The van der Waals surface area contributed by atoms with Crippen molar-refractivity contribution in [1.82, 2.24) is 30.2 Å². The Bertz CT molecular complexity index is 395. The van der Waals surface area contributed by atoms with Gasteiger partial charge in [0.15, 0.2) is 6.33 Å². The molecule has 15 heavy (non-hydrogen) atoms. The van der Waals surface area contributed by atoms with Gasteiger partial charge in [0.25, 0.3) is 0 Å². The summed E-state index contributed by atoms with van der Waals surface area (Å²) in [6.45, 7) is 1.46. The highest BCUT2D eigenvalue weighted by Gasteiger charge is 2.01. The molecule has 0 atom stereocenters. The van der Waals surface area contributed by atoms with Gasteiger partial charge in [-0.1, -0.05) is 5.16 Å². The molecule has 0 saturated carbocycles. The molecule has 7 nitrogen and oxygen atoms in total. The zero-order chi connectivity index (χ0) is 10.5. The van der Waals surface area contributed by atoms with Crippen LogP contribution in [0.1, 0.15) is 11.7 Å². The predicted molar refractivity (Wildman–Crippen MR) is 50.7 cm³/mol. The molecule has 7 heteroatoms. The third-order valence-corrected chi connectivity index (χ3v) is 2.01. The number of hydrogen-bond acceptors (Lipinski definition) is 6. The van der Waals surface area contributed by atoms with Gasteiger partial charge in [-0.25, -0.2) is 0 Å². The quantitative estimate of drug-likeness (QED) is 0.669.